The first-order chi connectivity index (χ1) is 6.76. The normalized spacial score (nSPS) is 12.5. The van der Waals surface area contributed by atoms with E-state index in [0.717, 1.165) is 16.6 Å². The van der Waals surface area contributed by atoms with Crippen LogP contribution >= 0.6 is 23.5 Å². The van der Waals surface area contributed by atoms with Crippen molar-refractivity contribution in [2.24, 2.45) is 0 Å². The number of aromatic nitrogens is 2. The molecule has 5 heteroatoms. The maximum Gasteiger partial charge on any atom is 0.130 e. The Morgan fingerprint density at radius 2 is 2.21 bits per heavy atom. The number of hydrogen-bond donors (Lipinski definition) is 1. The van der Waals surface area contributed by atoms with Crippen LogP contribution in [0.1, 0.15) is 6.92 Å². The highest BCUT2D eigenvalue weighted by Gasteiger charge is 2.02. The molecule has 1 aromatic rings. The van der Waals surface area contributed by atoms with Crippen LogP contribution in [0.15, 0.2) is 17.4 Å². The van der Waals surface area contributed by atoms with E-state index >= 15 is 0 Å². The minimum Gasteiger partial charge on any atom is -0.367 e. The molecule has 0 radical (unpaired) electrons. The van der Waals surface area contributed by atoms with Crippen LogP contribution in [-0.4, -0.2) is 34.3 Å². The molecule has 0 saturated carbocycles. The second-order valence-electron chi connectivity index (χ2n) is 2.95. The molecule has 14 heavy (non-hydrogen) atoms. The van der Waals surface area contributed by atoms with Crippen molar-refractivity contribution < 1.29 is 0 Å². The van der Waals surface area contributed by atoms with Gasteiger partial charge in [0, 0.05) is 17.9 Å². The second kappa shape index (κ2) is 6.14. The molecule has 0 aliphatic rings. The lowest BCUT2D eigenvalue weighted by molar-refractivity contribution is 0.892. The predicted octanol–water partition coefficient (Wildman–Crippen LogP) is 2.36. The van der Waals surface area contributed by atoms with Gasteiger partial charge in [-0.05, 0) is 19.4 Å². The molecule has 1 atom stereocenters. The number of hydrogen-bond acceptors (Lipinski definition) is 5. The molecule has 1 rings (SSSR count). The van der Waals surface area contributed by atoms with Gasteiger partial charge in [0.15, 0.2) is 0 Å². The van der Waals surface area contributed by atoms with Gasteiger partial charge in [0.2, 0.25) is 0 Å². The zero-order chi connectivity index (χ0) is 10.4. The van der Waals surface area contributed by atoms with Crippen LogP contribution < -0.4 is 5.32 Å². The van der Waals surface area contributed by atoms with E-state index in [9.17, 15) is 0 Å². The third kappa shape index (κ3) is 3.75. The molecule has 0 bridgehead atoms. The maximum atomic E-state index is 4.16. The largest absolute Gasteiger partial charge is 0.367 e. The summed E-state index contributed by atoms with van der Waals surface area (Å²) in [5.41, 5.74) is 0. The lowest BCUT2D eigenvalue weighted by Crippen LogP contribution is -2.18. The zero-order valence-electron chi connectivity index (χ0n) is 8.65. The molecule has 0 amide bonds. The molecule has 0 spiro atoms. The Balaban J connectivity index is 2.57. The Morgan fingerprint density at radius 1 is 1.43 bits per heavy atom. The predicted molar refractivity (Wildman–Crippen MR) is 65.3 cm³/mol. The number of anilines is 1. The van der Waals surface area contributed by atoms with Crippen molar-refractivity contribution in [3.63, 3.8) is 0 Å². The first-order valence-electron chi connectivity index (χ1n) is 4.37. The average Bonchev–Trinajstić information content (AvgIpc) is 2.18. The standard InChI is InChI=1S/C9H15N3S2/c1-7(5-13-2)12-8-4-9(14-3)11-6-10-8/h4,6-7H,5H2,1-3H3,(H,10,11,12). The van der Waals surface area contributed by atoms with Crippen LogP contribution in [0.25, 0.3) is 0 Å². The van der Waals surface area contributed by atoms with Gasteiger partial charge in [-0.2, -0.15) is 11.8 Å². The Bertz CT molecular complexity index is 281. The van der Waals surface area contributed by atoms with Gasteiger partial charge in [0.25, 0.3) is 0 Å². The van der Waals surface area contributed by atoms with E-state index < -0.39 is 0 Å². The van der Waals surface area contributed by atoms with Gasteiger partial charge in [-0.3, -0.25) is 0 Å². The molecule has 0 aliphatic carbocycles. The summed E-state index contributed by atoms with van der Waals surface area (Å²) in [7, 11) is 0. The van der Waals surface area contributed by atoms with Crippen molar-refractivity contribution >= 4 is 29.3 Å². The van der Waals surface area contributed by atoms with E-state index in [0.29, 0.717) is 6.04 Å². The first kappa shape index (κ1) is 11.7. The summed E-state index contributed by atoms with van der Waals surface area (Å²) in [6.45, 7) is 2.15. The zero-order valence-corrected chi connectivity index (χ0v) is 10.3. The lowest BCUT2D eigenvalue weighted by Gasteiger charge is -2.12. The molecule has 0 fully saturated rings. The summed E-state index contributed by atoms with van der Waals surface area (Å²) in [6, 6.07) is 2.41. The van der Waals surface area contributed by atoms with Crippen LogP contribution in [0.3, 0.4) is 0 Å². The van der Waals surface area contributed by atoms with Crippen LogP contribution in [0.5, 0.6) is 0 Å². The van der Waals surface area contributed by atoms with Crippen LogP contribution in [0.2, 0.25) is 0 Å². The fourth-order valence-corrected chi connectivity index (χ4v) is 2.04. The van der Waals surface area contributed by atoms with E-state index in [4.69, 9.17) is 0 Å². The second-order valence-corrected chi connectivity index (χ2v) is 4.68. The van der Waals surface area contributed by atoms with Gasteiger partial charge >= 0.3 is 0 Å². The third-order valence-electron chi connectivity index (χ3n) is 1.66. The molecule has 1 unspecified atom stereocenters. The molecular formula is C9H15N3S2. The molecule has 0 aromatic carbocycles. The van der Waals surface area contributed by atoms with Crippen LogP contribution in [-0.2, 0) is 0 Å². The SMILES string of the molecule is CSCC(C)Nc1cc(SC)ncn1. The molecule has 1 heterocycles. The fourth-order valence-electron chi connectivity index (χ4n) is 1.07. The van der Waals surface area contributed by atoms with Crippen molar-refractivity contribution in [1.29, 1.82) is 0 Å². The summed E-state index contributed by atoms with van der Waals surface area (Å²) in [4.78, 5) is 8.28. The summed E-state index contributed by atoms with van der Waals surface area (Å²) in [6.07, 6.45) is 5.71. The summed E-state index contributed by atoms with van der Waals surface area (Å²) in [5, 5.41) is 4.33. The van der Waals surface area contributed by atoms with Crippen molar-refractivity contribution in [2.45, 2.75) is 18.0 Å². The van der Waals surface area contributed by atoms with E-state index in [2.05, 4.69) is 28.5 Å². The quantitative estimate of drug-likeness (QED) is 0.620. The van der Waals surface area contributed by atoms with Crippen molar-refractivity contribution in [3.05, 3.63) is 12.4 Å². The Hall–Kier alpha value is -0.420. The highest BCUT2D eigenvalue weighted by atomic mass is 32.2. The Labute approximate surface area is 93.5 Å². The molecular weight excluding hydrogens is 214 g/mol. The summed E-state index contributed by atoms with van der Waals surface area (Å²) >= 11 is 3.45. The van der Waals surface area contributed by atoms with Crippen molar-refractivity contribution in [1.82, 2.24) is 9.97 Å². The number of rotatable bonds is 5. The topological polar surface area (TPSA) is 37.8 Å². The monoisotopic (exact) mass is 229 g/mol. The Kier molecular flexibility index (Phi) is 5.11. The summed E-state index contributed by atoms with van der Waals surface area (Å²) < 4.78 is 0. The van der Waals surface area contributed by atoms with Gasteiger partial charge in [0.05, 0.1) is 0 Å². The molecule has 3 nitrogen and oxygen atoms in total. The van der Waals surface area contributed by atoms with E-state index in [1.54, 1.807) is 18.1 Å². The van der Waals surface area contributed by atoms with Crippen LogP contribution in [0.4, 0.5) is 5.82 Å². The fraction of sp³-hybridized carbons (Fsp3) is 0.556. The van der Waals surface area contributed by atoms with Gasteiger partial charge in [-0.1, -0.05) is 0 Å². The van der Waals surface area contributed by atoms with Crippen LogP contribution in [0, 0.1) is 0 Å². The molecule has 1 aromatic heterocycles. The Morgan fingerprint density at radius 3 is 2.86 bits per heavy atom. The van der Waals surface area contributed by atoms with Gasteiger partial charge in [-0.15, -0.1) is 11.8 Å². The highest BCUT2D eigenvalue weighted by molar-refractivity contribution is 7.98. The minimum atomic E-state index is 0.439. The van der Waals surface area contributed by atoms with Crippen molar-refractivity contribution in [2.75, 3.05) is 23.6 Å². The smallest absolute Gasteiger partial charge is 0.130 e. The van der Waals surface area contributed by atoms with Gasteiger partial charge < -0.3 is 5.32 Å². The number of nitrogens with one attached hydrogen (secondary N) is 1. The van der Waals surface area contributed by atoms with Gasteiger partial charge in [0.1, 0.15) is 17.2 Å². The number of nitrogens with zero attached hydrogens (tertiary/aromatic N) is 2. The minimum absolute atomic E-state index is 0.439. The maximum absolute atomic E-state index is 4.16. The van der Waals surface area contributed by atoms with E-state index in [1.807, 2.05) is 24.1 Å². The lowest BCUT2D eigenvalue weighted by atomic mass is 10.4. The number of thioether (sulfide) groups is 2. The molecule has 0 aliphatic heterocycles. The average molecular weight is 229 g/mol. The summed E-state index contributed by atoms with van der Waals surface area (Å²) in [5.74, 6) is 1.99. The van der Waals surface area contributed by atoms with E-state index in [-0.39, 0.29) is 0 Å². The van der Waals surface area contributed by atoms with E-state index in [1.165, 1.54) is 0 Å². The van der Waals surface area contributed by atoms with Gasteiger partial charge in [-0.25, -0.2) is 9.97 Å². The first-order valence-corrected chi connectivity index (χ1v) is 6.99. The van der Waals surface area contributed by atoms with Crippen molar-refractivity contribution in [3.8, 4) is 0 Å². The highest BCUT2D eigenvalue weighted by Crippen LogP contribution is 2.14. The molecule has 0 saturated heterocycles. The molecule has 78 valence electrons. The third-order valence-corrected chi connectivity index (χ3v) is 3.14. The molecule has 1 N–H and O–H groups in total.